The van der Waals surface area contributed by atoms with E-state index in [1.54, 1.807) is 0 Å². The fraction of sp³-hybridized carbons (Fsp3) is 0.533. The van der Waals surface area contributed by atoms with Crippen LogP contribution in [0.15, 0.2) is 24.3 Å². The number of amides is 1. The van der Waals surface area contributed by atoms with Crippen molar-refractivity contribution in [3.8, 4) is 0 Å². The van der Waals surface area contributed by atoms with Crippen LogP contribution >= 0.6 is 0 Å². The summed E-state index contributed by atoms with van der Waals surface area (Å²) in [5.41, 5.74) is 7.82. The molecule has 100 valence electrons. The van der Waals surface area contributed by atoms with Crippen molar-refractivity contribution in [3.05, 3.63) is 35.4 Å². The molecule has 0 aliphatic heterocycles. The zero-order valence-electron chi connectivity index (χ0n) is 11.7. The predicted molar refractivity (Wildman–Crippen MR) is 75.7 cm³/mol. The van der Waals surface area contributed by atoms with Gasteiger partial charge in [-0.25, -0.2) is 0 Å². The van der Waals surface area contributed by atoms with Crippen molar-refractivity contribution in [2.24, 2.45) is 11.7 Å². The quantitative estimate of drug-likeness (QED) is 0.841. The van der Waals surface area contributed by atoms with Gasteiger partial charge in [-0.1, -0.05) is 39.8 Å². The highest BCUT2D eigenvalue weighted by Crippen LogP contribution is 2.14. The predicted octanol–water partition coefficient (Wildman–Crippen LogP) is 2.52. The molecule has 0 spiro atoms. The first kappa shape index (κ1) is 14.7. The van der Waals surface area contributed by atoms with E-state index in [9.17, 15) is 4.79 Å². The van der Waals surface area contributed by atoms with Crippen LogP contribution in [0.5, 0.6) is 0 Å². The van der Waals surface area contributed by atoms with Gasteiger partial charge >= 0.3 is 0 Å². The second kappa shape index (κ2) is 6.55. The maximum Gasteiger partial charge on any atom is 0.251 e. The molecule has 0 aliphatic rings. The molecule has 18 heavy (non-hydrogen) atoms. The van der Waals surface area contributed by atoms with E-state index < -0.39 is 0 Å². The van der Waals surface area contributed by atoms with Gasteiger partial charge in [0.1, 0.15) is 0 Å². The molecule has 3 nitrogen and oxygen atoms in total. The van der Waals surface area contributed by atoms with Gasteiger partial charge < -0.3 is 11.1 Å². The molecular formula is C15H24N2O. The van der Waals surface area contributed by atoms with Gasteiger partial charge in [0.15, 0.2) is 0 Å². The molecule has 1 aromatic carbocycles. The Morgan fingerprint density at radius 2 is 1.72 bits per heavy atom. The van der Waals surface area contributed by atoms with E-state index in [4.69, 9.17) is 5.73 Å². The van der Waals surface area contributed by atoms with Gasteiger partial charge in [-0.15, -0.1) is 0 Å². The number of hydrogen-bond donors (Lipinski definition) is 2. The van der Waals surface area contributed by atoms with Gasteiger partial charge in [0.2, 0.25) is 0 Å². The zero-order chi connectivity index (χ0) is 13.7. The number of nitrogens with two attached hydrogens (primary N) is 1. The summed E-state index contributed by atoms with van der Waals surface area (Å²) >= 11 is 0. The van der Waals surface area contributed by atoms with E-state index in [0.29, 0.717) is 23.9 Å². The van der Waals surface area contributed by atoms with Crippen molar-refractivity contribution in [3.63, 3.8) is 0 Å². The number of rotatable bonds is 5. The van der Waals surface area contributed by atoms with Crippen molar-refractivity contribution in [2.45, 2.75) is 39.7 Å². The van der Waals surface area contributed by atoms with Gasteiger partial charge in [-0.3, -0.25) is 4.79 Å². The number of benzene rings is 1. The van der Waals surface area contributed by atoms with Gasteiger partial charge in [-0.05, 0) is 29.5 Å². The number of nitrogens with one attached hydrogen (secondary N) is 1. The zero-order valence-corrected chi connectivity index (χ0v) is 11.7. The summed E-state index contributed by atoms with van der Waals surface area (Å²) in [5, 5.41) is 2.86. The fourth-order valence-corrected chi connectivity index (χ4v) is 1.57. The molecule has 1 aromatic rings. The van der Waals surface area contributed by atoms with Crippen LogP contribution in [0.2, 0.25) is 0 Å². The average molecular weight is 248 g/mol. The number of carbonyl (C=O) groups excluding carboxylic acids is 1. The van der Waals surface area contributed by atoms with Crippen LogP contribution in [-0.2, 0) is 0 Å². The van der Waals surface area contributed by atoms with Crippen LogP contribution in [0.1, 0.15) is 49.5 Å². The Kier molecular flexibility index (Phi) is 5.35. The highest BCUT2D eigenvalue weighted by Gasteiger charge is 2.10. The van der Waals surface area contributed by atoms with Crippen molar-refractivity contribution < 1.29 is 4.79 Å². The van der Waals surface area contributed by atoms with Crippen molar-refractivity contribution >= 4 is 5.91 Å². The van der Waals surface area contributed by atoms with Crippen molar-refractivity contribution in [2.75, 3.05) is 6.54 Å². The normalized spacial score (nSPS) is 12.8. The third-order valence-corrected chi connectivity index (χ3v) is 3.19. The summed E-state index contributed by atoms with van der Waals surface area (Å²) in [4.78, 5) is 11.9. The van der Waals surface area contributed by atoms with E-state index >= 15 is 0 Å². The third kappa shape index (κ3) is 4.15. The first-order valence-corrected chi connectivity index (χ1v) is 6.55. The van der Waals surface area contributed by atoms with Crippen LogP contribution in [0.4, 0.5) is 0 Å². The van der Waals surface area contributed by atoms with Crippen molar-refractivity contribution in [1.29, 1.82) is 0 Å². The number of carbonyl (C=O) groups is 1. The Bertz CT molecular complexity index is 382. The largest absolute Gasteiger partial charge is 0.350 e. The monoisotopic (exact) mass is 248 g/mol. The first-order chi connectivity index (χ1) is 8.41. The molecule has 0 radical (unpaired) electrons. The average Bonchev–Trinajstić information content (AvgIpc) is 2.35. The van der Waals surface area contributed by atoms with Crippen molar-refractivity contribution in [1.82, 2.24) is 5.32 Å². The summed E-state index contributed by atoms with van der Waals surface area (Å²) < 4.78 is 0. The minimum absolute atomic E-state index is 0.00360. The van der Waals surface area contributed by atoms with Gasteiger partial charge in [0.05, 0.1) is 0 Å². The van der Waals surface area contributed by atoms with Crippen LogP contribution in [0.25, 0.3) is 0 Å². The van der Waals surface area contributed by atoms with Crippen LogP contribution in [0.3, 0.4) is 0 Å². The molecule has 1 rings (SSSR count). The van der Waals surface area contributed by atoms with Crippen LogP contribution < -0.4 is 11.1 Å². The molecule has 0 bridgehead atoms. The molecule has 1 atom stereocenters. The van der Waals surface area contributed by atoms with Gasteiger partial charge in [0.25, 0.3) is 5.91 Å². The second-order valence-corrected chi connectivity index (χ2v) is 5.39. The van der Waals surface area contributed by atoms with E-state index in [2.05, 4.69) is 19.2 Å². The lowest BCUT2D eigenvalue weighted by atomic mass is 10.0. The molecule has 0 aliphatic carbocycles. The summed E-state index contributed by atoms with van der Waals surface area (Å²) in [5.74, 6) is 0.798. The summed E-state index contributed by atoms with van der Waals surface area (Å²) in [6.45, 7) is 8.89. The molecular weight excluding hydrogens is 224 g/mol. The van der Waals surface area contributed by atoms with Crippen LogP contribution in [0, 0.1) is 5.92 Å². The highest BCUT2D eigenvalue weighted by atomic mass is 16.1. The molecule has 0 aromatic heterocycles. The fourth-order valence-electron chi connectivity index (χ4n) is 1.57. The minimum atomic E-state index is -0.0543. The lowest BCUT2D eigenvalue weighted by molar-refractivity contribution is 0.0949. The molecule has 0 saturated heterocycles. The Labute approximate surface area is 110 Å². The van der Waals surface area contributed by atoms with E-state index in [-0.39, 0.29) is 11.9 Å². The maximum absolute atomic E-state index is 11.9. The topological polar surface area (TPSA) is 55.1 Å². The smallest absolute Gasteiger partial charge is 0.251 e. The standard InChI is InChI=1S/C15H24N2O/c1-10(2)12-5-7-13(8-6-12)15(18)17-9-14(16)11(3)4/h5-8,10-11,14H,9,16H2,1-4H3,(H,17,18). The lowest BCUT2D eigenvalue weighted by Gasteiger charge is -2.16. The van der Waals surface area contributed by atoms with E-state index in [1.165, 1.54) is 5.56 Å². The SMILES string of the molecule is CC(C)c1ccc(C(=O)NCC(N)C(C)C)cc1. The van der Waals surface area contributed by atoms with Gasteiger partial charge in [0, 0.05) is 18.2 Å². The highest BCUT2D eigenvalue weighted by molar-refractivity contribution is 5.94. The lowest BCUT2D eigenvalue weighted by Crippen LogP contribution is -2.40. The third-order valence-electron chi connectivity index (χ3n) is 3.19. The Morgan fingerprint density at radius 3 is 2.17 bits per heavy atom. The molecule has 3 N–H and O–H groups in total. The Morgan fingerprint density at radius 1 is 1.17 bits per heavy atom. The second-order valence-electron chi connectivity index (χ2n) is 5.39. The minimum Gasteiger partial charge on any atom is -0.350 e. The summed E-state index contributed by atoms with van der Waals surface area (Å²) in [6.07, 6.45) is 0. The van der Waals surface area contributed by atoms with Crippen LogP contribution in [-0.4, -0.2) is 18.5 Å². The molecule has 3 heteroatoms. The number of hydrogen-bond acceptors (Lipinski definition) is 2. The first-order valence-electron chi connectivity index (χ1n) is 6.55. The molecule has 0 heterocycles. The van der Waals surface area contributed by atoms with Gasteiger partial charge in [-0.2, -0.15) is 0 Å². The molecule has 0 fully saturated rings. The Balaban J connectivity index is 2.57. The molecule has 1 unspecified atom stereocenters. The Hall–Kier alpha value is -1.35. The van der Waals surface area contributed by atoms with E-state index in [0.717, 1.165) is 0 Å². The van der Waals surface area contributed by atoms with E-state index in [1.807, 2.05) is 38.1 Å². The molecule has 1 amide bonds. The summed E-state index contributed by atoms with van der Waals surface area (Å²) in [7, 11) is 0. The molecule has 0 saturated carbocycles. The summed E-state index contributed by atoms with van der Waals surface area (Å²) in [6, 6.07) is 7.74. The maximum atomic E-state index is 11.9.